The fourth-order valence-corrected chi connectivity index (χ4v) is 1.22. The molecule has 1 aliphatic rings. The molecule has 1 fully saturated rings. The van der Waals surface area contributed by atoms with Gasteiger partial charge in [0.2, 0.25) is 5.79 Å². The second-order valence-electron chi connectivity index (χ2n) is 2.91. The van der Waals surface area contributed by atoms with Gasteiger partial charge in [0, 0.05) is 12.8 Å². The third-order valence-electron chi connectivity index (χ3n) is 1.97. The number of carbonyl (C=O) groups is 1. The zero-order valence-electron chi connectivity index (χ0n) is 6.80. The maximum absolute atomic E-state index is 11.0. The molecule has 1 N–H and O–H groups in total. The van der Waals surface area contributed by atoms with E-state index in [0.29, 0.717) is 19.4 Å². The standard InChI is InChI=1S/C8H14O3/c1-2-3-5-8(10)7(9)4-6-11-8/h10H,2-6H2,1H3. The van der Waals surface area contributed by atoms with Crippen molar-refractivity contribution in [2.45, 2.75) is 38.4 Å². The average Bonchev–Trinajstić information content (AvgIpc) is 2.30. The first-order valence-electron chi connectivity index (χ1n) is 4.08. The van der Waals surface area contributed by atoms with E-state index in [1.165, 1.54) is 0 Å². The fraction of sp³-hybridized carbons (Fsp3) is 0.875. The summed E-state index contributed by atoms with van der Waals surface area (Å²) in [5.74, 6) is -1.60. The van der Waals surface area contributed by atoms with Crippen LogP contribution in [0.15, 0.2) is 0 Å². The fourth-order valence-electron chi connectivity index (χ4n) is 1.22. The Hall–Kier alpha value is -0.410. The van der Waals surface area contributed by atoms with Crippen LogP contribution in [0, 0.1) is 0 Å². The minimum Gasteiger partial charge on any atom is -0.360 e. The van der Waals surface area contributed by atoms with Crippen LogP contribution in [-0.4, -0.2) is 23.3 Å². The van der Waals surface area contributed by atoms with Crippen LogP contribution in [0.3, 0.4) is 0 Å². The smallest absolute Gasteiger partial charge is 0.226 e. The molecule has 3 heteroatoms. The minimum absolute atomic E-state index is 0.161. The summed E-state index contributed by atoms with van der Waals surface area (Å²) in [6.07, 6.45) is 2.61. The average molecular weight is 158 g/mol. The van der Waals surface area contributed by atoms with E-state index < -0.39 is 5.79 Å². The quantitative estimate of drug-likeness (QED) is 0.662. The topological polar surface area (TPSA) is 46.5 Å². The molecule has 1 aliphatic heterocycles. The zero-order valence-corrected chi connectivity index (χ0v) is 6.80. The summed E-state index contributed by atoms with van der Waals surface area (Å²) in [6.45, 7) is 2.39. The number of Topliss-reactive ketones (excluding diaryl/α,β-unsaturated/α-hetero) is 1. The highest BCUT2D eigenvalue weighted by Crippen LogP contribution is 2.24. The molecular weight excluding hydrogens is 144 g/mol. The number of carbonyl (C=O) groups excluding carboxylic acids is 1. The van der Waals surface area contributed by atoms with Crippen LogP contribution in [0.4, 0.5) is 0 Å². The van der Waals surface area contributed by atoms with Gasteiger partial charge in [-0.1, -0.05) is 13.3 Å². The molecule has 1 heterocycles. The molecule has 11 heavy (non-hydrogen) atoms. The lowest BCUT2D eigenvalue weighted by Crippen LogP contribution is -2.35. The van der Waals surface area contributed by atoms with Gasteiger partial charge in [-0.05, 0) is 6.42 Å². The van der Waals surface area contributed by atoms with Crippen molar-refractivity contribution >= 4 is 5.78 Å². The molecule has 0 aromatic carbocycles. The normalized spacial score (nSPS) is 31.3. The molecule has 1 saturated heterocycles. The molecule has 1 atom stereocenters. The Labute approximate surface area is 66.4 Å². The molecule has 1 rings (SSSR count). The third-order valence-corrected chi connectivity index (χ3v) is 1.97. The SMILES string of the molecule is CCCCC1(O)OCCC1=O. The van der Waals surface area contributed by atoms with Gasteiger partial charge in [-0.25, -0.2) is 0 Å². The largest absolute Gasteiger partial charge is 0.360 e. The summed E-state index contributed by atoms with van der Waals surface area (Å²) in [7, 11) is 0. The maximum Gasteiger partial charge on any atom is 0.226 e. The van der Waals surface area contributed by atoms with Crippen molar-refractivity contribution in [2.75, 3.05) is 6.61 Å². The summed E-state index contributed by atoms with van der Waals surface area (Å²) in [5.41, 5.74) is 0. The first-order valence-corrected chi connectivity index (χ1v) is 4.08. The van der Waals surface area contributed by atoms with Gasteiger partial charge >= 0.3 is 0 Å². The second-order valence-corrected chi connectivity index (χ2v) is 2.91. The molecule has 0 aromatic heterocycles. The molecule has 0 aromatic rings. The van der Waals surface area contributed by atoms with Gasteiger partial charge in [0.25, 0.3) is 0 Å². The molecule has 0 aliphatic carbocycles. The van der Waals surface area contributed by atoms with Crippen molar-refractivity contribution in [1.29, 1.82) is 0 Å². The lowest BCUT2D eigenvalue weighted by molar-refractivity contribution is -0.184. The van der Waals surface area contributed by atoms with Crippen molar-refractivity contribution in [1.82, 2.24) is 0 Å². The van der Waals surface area contributed by atoms with Crippen LogP contribution in [0.5, 0.6) is 0 Å². The number of rotatable bonds is 3. The number of ketones is 1. The Balaban J connectivity index is 2.44. The summed E-state index contributed by atoms with van der Waals surface area (Å²) >= 11 is 0. The highest BCUT2D eigenvalue weighted by atomic mass is 16.6. The Morgan fingerprint density at radius 3 is 2.91 bits per heavy atom. The Bertz CT molecular complexity index is 155. The number of unbranched alkanes of at least 4 members (excludes halogenated alkanes) is 1. The number of hydrogen-bond acceptors (Lipinski definition) is 3. The van der Waals surface area contributed by atoms with Crippen LogP contribution in [0.2, 0.25) is 0 Å². The molecule has 0 amide bonds. The van der Waals surface area contributed by atoms with Gasteiger partial charge < -0.3 is 9.84 Å². The van der Waals surface area contributed by atoms with Crippen LogP contribution >= 0.6 is 0 Å². The summed E-state index contributed by atoms with van der Waals surface area (Å²) in [5, 5.41) is 9.52. The molecule has 0 radical (unpaired) electrons. The summed E-state index contributed by atoms with van der Waals surface area (Å²) in [6, 6.07) is 0. The highest BCUT2D eigenvalue weighted by Gasteiger charge is 2.40. The third kappa shape index (κ3) is 1.79. The lowest BCUT2D eigenvalue weighted by atomic mass is 10.1. The predicted molar refractivity (Wildman–Crippen MR) is 40.1 cm³/mol. The number of ether oxygens (including phenoxy) is 1. The molecule has 0 spiro atoms. The minimum atomic E-state index is -1.43. The Morgan fingerprint density at radius 1 is 1.73 bits per heavy atom. The second kappa shape index (κ2) is 3.32. The molecule has 0 bridgehead atoms. The first-order chi connectivity index (χ1) is 5.19. The molecular formula is C8H14O3. The number of hydrogen-bond donors (Lipinski definition) is 1. The summed E-state index contributed by atoms with van der Waals surface area (Å²) < 4.78 is 4.96. The highest BCUT2D eigenvalue weighted by molar-refractivity contribution is 5.87. The monoisotopic (exact) mass is 158 g/mol. The van der Waals surface area contributed by atoms with E-state index in [0.717, 1.165) is 12.8 Å². The van der Waals surface area contributed by atoms with E-state index >= 15 is 0 Å². The van der Waals surface area contributed by atoms with Crippen molar-refractivity contribution in [2.24, 2.45) is 0 Å². The van der Waals surface area contributed by atoms with Crippen molar-refractivity contribution < 1.29 is 14.6 Å². The van der Waals surface area contributed by atoms with E-state index in [4.69, 9.17) is 4.74 Å². The maximum atomic E-state index is 11.0. The van der Waals surface area contributed by atoms with Crippen molar-refractivity contribution in [3.8, 4) is 0 Å². The van der Waals surface area contributed by atoms with Crippen LogP contribution in [0.25, 0.3) is 0 Å². The van der Waals surface area contributed by atoms with Gasteiger partial charge in [-0.2, -0.15) is 0 Å². The van der Waals surface area contributed by atoms with E-state index in [1.807, 2.05) is 6.92 Å². The summed E-state index contributed by atoms with van der Waals surface area (Å²) in [4.78, 5) is 11.0. The lowest BCUT2D eigenvalue weighted by Gasteiger charge is -2.18. The Kier molecular flexibility index (Phi) is 2.62. The van der Waals surface area contributed by atoms with Crippen LogP contribution in [0.1, 0.15) is 32.6 Å². The van der Waals surface area contributed by atoms with Crippen molar-refractivity contribution in [3.63, 3.8) is 0 Å². The van der Waals surface area contributed by atoms with Crippen LogP contribution < -0.4 is 0 Å². The molecule has 0 saturated carbocycles. The molecule has 64 valence electrons. The van der Waals surface area contributed by atoms with Gasteiger partial charge in [0.05, 0.1) is 6.61 Å². The predicted octanol–water partition coefficient (Wildman–Crippen LogP) is 0.855. The Morgan fingerprint density at radius 2 is 2.45 bits per heavy atom. The van der Waals surface area contributed by atoms with E-state index in [-0.39, 0.29) is 5.78 Å². The van der Waals surface area contributed by atoms with Gasteiger partial charge in [0.1, 0.15) is 0 Å². The van der Waals surface area contributed by atoms with Gasteiger partial charge in [-0.15, -0.1) is 0 Å². The zero-order chi connectivity index (χ0) is 8.32. The van der Waals surface area contributed by atoms with Crippen LogP contribution in [-0.2, 0) is 9.53 Å². The van der Waals surface area contributed by atoms with E-state index in [1.54, 1.807) is 0 Å². The first kappa shape index (κ1) is 8.68. The number of aliphatic hydroxyl groups is 1. The van der Waals surface area contributed by atoms with E-state index in [9.17, 15) is 9.90 Å². The molecule has 1 unspecified atom stereocenters. The van der Waals surface area contributed by atoms with E-state index in [2.05, 4.69) is 0 Å². The van der Waals surface area contributed by atoms with Gasteiger partial charge in [0.15, 0.2) is 5.78 Å². The molecule has 3 nitrogen and oxygen atoms in total. The van der Waals surface area contributed by atoms with Gasteiger partial charge in [-0.3, -0.25) is 4.79 Å². The van der Waals surface area contributed by atoms with Crippen molar-refractivity contribution in [3.05, 3.63) is 0 Å².